The quantitative estimate of drug-likeness (QED) is 0.778. The number of likely N-dealkylation sites (tertiary alicyclic amines) is 1. The van der Waals surface area contributed by atoms with Gasteiger partial charge in [-0.15, -0.1) is 0 Å². The lowest BCUT2D eigenvalue weighted by Crippen LogP contribution is -2.73. The number of nitrogens with zero attached hydrogens (tertiary/aromatic N) is 1. The van der Waals surface area contributed by atoms with Crippen molar-refractivity contribution >= 4 is 0 Å². The average molecular weight is 419 g/mol. The molecule has 31 heavy (non-hydrogen) atoms. The molecule has 0 aromatic heterocycles. The molecule has 1 saturated carbocycles. The van der Waals surface area contributed by atoms with Gasteiger partial charge in [0.25, 0.3) is 0 Å². The van der Waals surface area contributed by atoms with E-state index in [1.165, 1.54) is 36.1 Å². The van der Waals surface area contributed by atoms with Gasteiger partial charge in [0.2, 0.25) is 0 Å². The second-order valence-electron chi connectivity index (χ2n) is 10.3. The van der Waals surface area contributed by atoms with Gasteiger partial charge in [-0.2, -0.15) is 0 Å². The molecule has 2 heterocycles. The van der Waals surface area contributed by atoms with E-state index >= 15 is 0 Å². The van der Waals surface area contributed by atoms with Crippen LogP contribution in [0, 0.1) is 5.92 Å². The van der Waals surface area contributed by atoms with Crippen molar-refractivity contribution in [2.45, 2.75) is 62.2 Å². The van der Waals surface area contributed by atoms with Crippen molar-refractivity contribution in [3.63, 3.8) is 0 Å². The van der Waals surface area contributed by atoms with E-state index in [2.05, 4.69) is 52.7 Å². The molecule has 2 aliphatic heterocycles. The number of fused-ring (bicyclic) bond motifs is 1. The number of ether oxygens (including phenoxy) is 1. The number of hydrogen-bond acceptors (Lipinski definition) is 4. The van der Waals surface area contributed by atoms with Crippen LogP contribution in [0.2, 0.25) is 0 Å². The first-order valence-electron chi connectivity index (χ1n) is 12.2. The van der Waals surface area contributed by atoms with Crippen LogP contribution < -0.4 is 10.1 Å². The predicted octanol–water partition coefficient (Wildman–Crippen LogP) is 3.66. The van der Waals surface area contributed by atoms with Gasteiger partial charge in [0, 0.05) is 24.5 Å². The standard InChI is InChI=1S/C27H34N2O2/c30-27-11-4-13-28-19-26(27)12-14-29(17-20-7-8-20)25(27)15-22-9-10-23(16-24(22)26)31-18-21-5-2-1-3-6-21/h1-3,5-6,9-10,16,20,25,28,30H,4,7-8,11-15,17-19H2/t25-,26-,27-/m1/s1. The molecule has 0 spiro atoms. The summed E-state index contributed by atoms with van der Waals surface area (Å²) in [5, 5.41) is 16.1. The highest BCUT2D eigenvalue weighted by molar-refractivity contribution is 5.48. The lowest BCUT2D eigenvalue weighted by atomic mass is 9.53. The Morgan fingerprint density at radius 2 is 1.97 bits per heavy atom. The SMILES string of the molecule is O[C@@]12CCCNC[C@@]13CCN(CC1CC1)[C@@H]2Cc1ccc(OCc2ccccc2)cc13. The molecule has 164 valence electrons. The second-order valence-corrected chi connectivity index (χ2v) is 10.3. The maximum Gasteiger partial charge on any atom is 0.120 e. The van der Waals surface area contributed by atoms with Crippen LogP contribution in [0.5, 0.6) is 5.75 Å². The molecule has 2 aromatic rings. The molecule has 4 heteroatoms. The zero-order chi connectivity index (χ0) is 20.9. The lowest BCUT2D eigenvalue weighted by molar-refractivity contribution is -0.147. The molecule has 0 unspecified atom stereocenters. The topological polar surface area (TPSA) is 44.7 Å². The normalized spacial score (nSPS) is 32.6. The van der Waals surface area contributed by atoms with Gasteiger partial charge in [-0.3, -0.25) is 4.90 Å². The molecule has 2 saturated heterocycles. The minimum atomic E-state index is -0.658. The molecular weight excluding hydrogens is 384 g/mol. The Hall–Kier alpha value is -1.88. The summed E-state index contributed by atoms with van der Waals surface area (Å²) in [6, 6.07) is 17.2. The van der Waals surface area contributed by atoms with E-state index in [0.717, 1.165) is 57.0 Å². The molecule has 4 aliphatic rings. The van der Waals surface area contributed by atoms with Gasteiger partial charge in [0.15, 0.2) is 0 Å². The van der Waals surface area contributed by atoms with Crippen LogP contribution in [0.1, 0.15) is 48.8 Å². The van der Waals surface area contributed by atoms with Crippen LogP contribution in [0.25, 0.3) is 0 Å². The van der Waals surface area contributed by atoms with Crippen LogP contribution in [0.4, 0.5) is 0 Å². The Morgan fingerprint density at radius 1 is 1.10 bits per heavy atom. The number of hydrogen-bond donors (Lipinski definition) is 2. The molecule has 2 bridgehead atoms. The number of aliphatic hydroxyl groups is 1. The minimum absolute atomic E-state index is 0.214. The molecule has 2 aromatic carbocycles. The van der Waals surface area contributed by atoms with Gasteiger partial charge in [0.05, 0.1) is 5.60 Å². The molecular formula is C27H34N2O2. The first-order valence-corrected chi connectivity index (χ1v) is 12.2. The largest absolute Gasteiger partial charge is 0.489 e. The van der Waals surface area contributed by atoms with E-state index in [9.17, 15) is 5.11 Å². The van der Waals surface area contributed by atoms with Gasteiger partial charge in [0.1, 0.15) is 12.4 Å². The molecule has 2 aliphatic carbocycles. The van der Waals surface area contributed by atoms with Crippen molar-refractivity contribution in [3.8, 4) is 5.75 Å². The van der Waals surface area contributed by atoms with Gasteiger partial charge < -0.3 is 15.2 Å². The minimum Gasteiger partial charge on any atom is -0.489 e. The molecule has 6 rings (SSSR count). The van der Waals surface area contributed by atoms with E-state index in [1.807, 2.05) is 6.07 Å². The second kappa shape index (κ2) is 7.61. The monoisotopic (exact) mass is 418 g/mol. The summed E-state index contributed by atoms with van der Waals surface area (Å²) in [7, 11) is 0. The first-order chi connectivity index (χ1) is 15.2. The number of benzene rings is 2. The van der Waals surface area contributed by atoms with Crippen LogP contribution in [0.3, 0.4) is 0 Å². The zero-order valence-electron chi connectivity index (χ0n) is 18.4. The number of piperidine rings is 1. The van der Waals surface area contributed by atoms with Crippen LogP contribution in [0.15, 0.2) is 48.5 Å². The van der Waals surface area contributed by atoms with Gasteiger partial charge in [-0.25, -0.2) is 0 Å². The Kier molecular flexibility index (Phi) is 4.86. The van der Waals surface area contributed by atoms with Crippen LogP contribution in [-0.4, -0.2) is 47.8 Å². The summed E-state index contributed by atoms with van der Waals surface area (Å²) < 4.78 is 6.21. The van der Waals surface area contributed by atoms with Crippen molar-refractivity contribution in [2.24, 2.45) is 5.92 Å². The van der Waals surface area contributed by atoms with Gasteiger partial charge in [-0.1, -0.05) is 36.4 Å². The average Bonchev–Trinajstić information content (AvgIpc) is 3.62. The lowest BCUT2D eigenvalue weighted by Gasteiger charge is -2.61. The highest BCUT2D eigenvalue weighted by Gasteiger charge is 2.62. The number of nitrogens with one attached hydrogen (secondary N) is 1. The maximum atomic E-state index is 12.4. The van der Waals surface area contributed by atoms with Gasteiger partial charge in [-0.05, 0) is 86.4 Å². The molecule has 0 radical (unpaired) electrons. The van der Waals surface area contributed by atoms with E-state index in [4.69, 9.17) is 4.74 Å². The van der Waals surface area contributed by atoms with Crippen molar-refractivity contribution in [3.05, 3.63) is 65.2 Å². The third-order valence-corrected chi connectivity index (χ3v) is 8.43. The summed E-state index contributed by atoms with van der Waals surface area (Å²) >= 11 is 0. The van der Waals surface area contributed by atoms with E-state index in [-0.39, 0.29) is 11.5 Å². The fourth-order valence-electron chi connectivity index (χ4n) is 6.59. The van der Waals surface area contributed by atoms with Crippen molar-refractivity contribution in [2.75, 3.05) is 26.2 Å². The van der Waals surface area contributed by atoms with E-state index in [0.29, 0.717) is 6.61 Å². The Balaban J connectivity index is 1.35. The van der Waals surface area contributed by atoms with Gasteiger partial charge >= 0.3 is 0 Å². The predicted molar refractivity (Wildman–Crippen MR) is 122 cm³/mol. The smallest absolute Gasteiger partial charge is 0.120 e. The molecule has 3 fully saturated rings. The maximum absolute atomic E-state index is 12.4. The zero-order valence-corrected chi connectivity index (χ0v) is 18.4. The Labute approximate surface area is 185 Å². The van der Waals surface area contributed by atoms with E-state index < -0.39 is 5.60 Å². The fourth-order valence-corrected chi connectivity index (χ4v) is 6.59. The molecule has 2 N–H and O–H groups in total. The number of rotatable bonds is 5. The molecule has 3 atom stereocenters. The van der Waals surface area contributed by atoms with Crippen molar-refractivity contribution in [1.29, 1.82) is 0 Å². The van der Waals surface area contributed by atoms with Crippen LogP contribution in [-0.2, 0) is 18.4 Å². The van der Waals surface area contributed by atoms with Crippen molar-refractivity contribution < 1.29 is 9.84 Å². The summed E-state index contributed by atoms with van der Waals surface area (Å²) in [5.41, 5.74) is 3.05. The summed E-state index contributed by atoms with van der Waals surface area (Å²) in [6.07, 6.45) is 6.65. The van der Waals surface area contributed by atoms with E-state index in [1.54, 1.807) is 0 Å². The summed E-state index contributed by atoms with van der Waals surface area (Å²) in [6.45, 7) is 4.71. The highest BCUT2D eigenvalue weighted by Crippen LogP contribution is 2.54. The van der Waals surface area contributed by atoms with Crippen molar-refractivity contribution in [1.82, 2.24) is 10.2 Å². The van der Waals surface area contributed by atoms with Crippen LogP contribution >= 0.6 is 0 Å². The third-order valence-electron chi connectivity index (χ3n) is 8.43. The fraction of sp³-hybridized carbons (Fsp3) is 0.556. The third kappa shape index (κ3) is 3.31. The molecule has 0 amide bonds. The summed E-state index contributed by atoms with van der Waals surface area (Å²) in [4.78, 5) is 2.64. The molecule has 4 nitrogen and oxygen atoms in total. The Bertz CT molecular complexity index is 944. The summed E-state index contributed by atoms with van der Waals surface area (Å²) in [5.74, 6) is 1.78. The highest BCUT2D eigenvalue weighted by atomic mass is 16.5. The Morgan fingerprint density at radius 3 is 2.81 bits per heavy atom. The first kappa shape index (κ1) is 19.8.